The zero-order valence-electron chi connectivity index (χ0n) is 24.1. The van der Waals surface area contributed by atoms with Gasteiger partial charge in [0.25, 0.3) is 5.92 Å². The van der Waals surface area contributed by atoms with Crippen molar-refractivity contribution in [2.24, 2.45) is 5.92 Å². The van der Waals surface area contributed by atoms with E-state index in [9.17, 15) is 13.2 Å². The standard InChI is InChI=1S/C34H33BrF2N2O4S/c1-22-17-28-13-14-29(18-22)39(28)33(40)32(34(36,37)26-9-11-27(35)12-10-26)38-44(41,42)31-16-8-24-19-30(15-7-25(24)20-31)43-21-23-5-3-2-4-6-23/h2-12,15-16,19-20,22,28-29,32,38H,13-14,17-18,21H2,1H3. The monoisotopic (exact) mass is 682 g/mol. The highest BCUT2D eigenvalue weighted by molar-refractivity contribution is 9.10. The average molecular weight is 684 g/mol. The van der Waals surface area contributed by atoms with Crippen molar-refractivity contribution in [3.8, 4) is 5.75 Å². The van der Waals surface area contributed by atoms with E-state index in [2.05, 4.69) is 27.6 Å². The summed E-state index contributed by atoms with van der Waals surface area (Å²) in [7, 11) is -4.53. The molecule has 6 rings (SSSR count). The molecule has 10 heteroatoms. The van der Waals surface area contributed by atoms with Crippen LogP contribution in [0.3, 0.4) is 0 Å². The summed E-state index contributed by atoms with van der Waals surface area (Å²) in [6, 6.07) is 22.0. The quantitative estimate of drug-likeness (QED) is 0.200. The fraction of sp³-hybridized carbons (Fsp3) is 0.324. The Balaban J connectivity index is 1.29. The molecule has 6 nitrogen and oxygen atoms in total. The SMILES string of the molecule is CC1CC2CCC(C1)N2C(=O)C(NS(=O)(=O)c1ccc2cc(OCc3ccccc3)ccc2c1)C(F)(F)c1ccc(Br)cc1. The van der Waals surface area contributed by atoms with Crippen LogP contribution in [-0.2, 0) is 27.3 Å². The summed E-state index contributed by atoms with van der Waals surface area (Å²) >= 11 is 3.25. The second kappa shape index (κ2) is 12.2. The smallest absolute Gasteiger partial charge is 0.298 e. The Morgan fingerprint density at radius 3 is 2.27 bits per heavy atom. The molecule has 0 aliphatic carbocycles. The predicted molar refractivity (Wildman–Crippen MR) is 169 cm³/mol. The lowest BCUT2D eigenvalue weighted by atomic mass is 9.91. The van der Waals surface area contributed by atoms with Gasteiger partial charge in [0.2, 0.25) is 15.9 Å². The first-order valence-corrected chi connectivity index (χ1v) is 17.0. The Bertz CT molecular complexity index is 1760. The molecule has 2 aliphatic heterocycles. The van der Waals surface area contributed by atoms with Crippen LogP contribution in [0.15, 0.2) is 100 Å². The van der Waals surface area contributed by atoms with Crippen LogP contribution in [0, 0.1) is 5.92 Å². The Kier molecular flexibility index (Phi) is 8.52. The van der Waals surface area contributed by atoms with Gasteiger partial charge in [-0.25, -0.2) is 8.42 Å². The van der Waals surface area contributed by atoms with Crippen LogP contribution in [0.5, 0.6) is 5.75 Å². The number of carbonyl (C=O) groups is 1. The van der Waals surface area contributed by atoms with Crippen molar-refractivity contribution in [2.75, 3.05) is 0 Å². The normalized spacial score (nSPS) is 20.9. The van der Waals surface area contributed by atoms with Crippen molar-refractivity contribution in [3.63, 3.8) is 0 Å². The van der Waals surface area contributed by atoms with Crippen LogP contribution in [-0.4, -0.2) is 37.4 Å². The van der Waals surface area contributed by atoms with Gasteiger partial charge in [-0.15, -0.1) is 0 Å². The largest absolute Gasteiger partial charge is 0.489 e. The molecule has 230 valence electrons. The number of benzene rings is 4. The predicted octanol–water partition coefficient (Wildman–Crippen LogP) is 7.41. The summed E-state index contributed by atoms with van der Waals surface area (Å²) in [4.78, 5) is 15.3. The number of piperidine rings is 1. The summed E-state index contributed by atoms with van der Waals surface area (Å²) in [5.74, 6) is -3.71. The van der Waals surface area contributed by atoms with E-state index in [1.165, 1.54) is 41.3 Å². The van der Waals surface area contributed by atoms with Gasteiger partial charge < -0.3 is 9.64 Å². The second-order valence-electron chi connectivity index (χ2n) is 11.8. The minimum Gasteiger partial charge on any atom is -0.489 e. The van der Waals surface area contributed by atoms with Crippen molar-refractivity contribution in [1.29, 1.82) is 0 Å². The number of sulfonamides is 1. The van der Waals surface area contributed by atoms with E-state index in [1.807, 2.05) is 30.3 Å². The molecule has 2 saturated heterocycles. The number of fused-ring (bicyclic) bond motifs is 3. The van der Waals surface area contributed by atoms with Crippen LogP contribution in [0.2, 0.25) is 0 Å². The highest BCUT2D eigenvalue weighted by Crippen LogP contribution is 2.42. The Morgan fingerprint density at radius 2 is 1.59 bits per heavy atom. The highest BCUT2D eigenvalue weighted by atomic mass is 79.9. The van der Waals surface area contributed by atoms with E-state index in [4.69, 9.17) is 4.74 Å². The highest BCUT2D eigenvalue weighted by Gasteiger charge is 2.53. The summed E-state index contributed by atoms with van der Waals surface area (Å²) in [6.07, 6.45) is 2.89. The molecule has 1 N–H and O–H groups in total. The number of nitrogens with one attached hydrogen (secondary N) is 1. The van der Waals surface area contributed by atoms with E-state index in [0.29, 0.717) is 41.0 Å². The van der Waals surface area contributed by atoms with Crippen molar-refractivity contribution >= 4 is 42.6 Å². The molecule has 2 bridgehead atoms. The number of halogens is 3. The number of carbonyl (C=O) groups excluding carboxylic acids is 1. The lowest BCUT2D eigenvalue weighted by Crippen LogP contribution is -2.59. The van der Waals surface area contributed by atoms with Gasteiger partial charge in [-0.05, 0) is 84.3 Å². The van der Waals surface area contributed by atoms with Crippen molar-refractivity contribution in [3.05, 3.63) is 107 Å². The van der Waals surface area contributed by atoms with Crippen molar-refractivity contribution in [1.82, 2.24) is 9.62 Å². The zero-order chi connectivity index (χ0) is 31.1. The Labute approximate surface area is 264 Å². The fourth-order valence-corrected chi connectivity index (χ4v) is 7.99. The van der Waals surface area contributed by atoms with Gasteiger partial charge in [0.05, 0.1) is 4.90 Å². The molecule has 1 amide bonds. The molecule has 4 aromatic rings. The number of alkyl halides is 2. The summed E-state index contributed by atoms with van der Waals surface area (Å²) in [5, 5.41) is 1.31. The number of ether oxygens (including phenoxy) is 1. The van der Waals surface area contributed by atoms with Gasteiger partial charge in [-0.2, -0.15) is 13.5 Å². The van der Waals surface area contributed by atoms with Gasteiger partial charge in [0, 0.05) is 22.1 Å². The molecular formula is C34H33BrF2N2O4S. The van der Waals surface area contributed by atoms with Gasteiger partial charge in [-0.3, -0.25) is 4.79 Å². The molecule has 2 heterocycles. The third kappa shape index (κ3) is 6.25. The number of hydrogen-bond donors (Lipinski definition) is 1. The maximum atomic E-state index is 16.2. The van der Waals surface area contributed by atoms with Crippen LogP contribution in [0.1, 0.15) is 43.7 Å². The zero-order valence-corrected chi connectivity index (χ0v) is 26.5. The van der Waals surface area contributed by atoms with Crippen LogP contribution in [0.4, 0.5) is 8.78 Å². The molecule has 0 spiro atoms. The van der Waals surface area contributed by atoms with Crippen LogP contribution in [0.25, 0.3) is 10.8 Å². The molecular weight excluding hydrogens is 650 g/mol. The van der Waals surface area contributed by atoms with E-state index in [0.717, 1.165) is 23.8 Å². The molecule has 0 radical (unpaired) electrons. The Morgan fingerprint density at radius 1 is 0.955 bits per heavy atom. The summed E-state index contributed by atoms with van der Waals surface area (Å²) < 4.78 is 68.5. The minimum atomic E-state index is -4.53. The van der Waals surface area contributed by atoms with Crippen molar-refractivity contribution < 1.29 is 26.7 Å². The lowest BCUT2D eigenvalue weighted by Gasteiger charge is -2.41. The molecule has 4 aromatic carbocycles. The van der Waals surface area contributed by atoms with Crippen molar-refractivity contribution in [2.45, 2.75) is 68.2 Å². The van der Waals surface area contributed by atoms with Crippen LogP contribution < -0.4 is 9.46 Å². The number of rotatable bonds is 9. The molecule has 3 atom stereocenters. The number of nitrogens with zero attached hydrogens (tertiary/aromatic N) is 1. The molecule has 3 unspecified atom stereocenters. The molecule has 0 saturated carbocycles. The van der Waals surface area contributed by atoms with E-state index < -0.39 is 33.5 Å². The number of hydrogen-bond acceptors (Lipinski definition) is 4. The summed E-state index contributed by atoms with van der Waals surface area (Å²) in [6.45, 7) is 2.48. The second-order valence-corrected chi connectivity index (χ2v) is 14.5. The Hall–Kier alpha value is -3.34. The topological polar surface area (TPSA) is 75.7 Å². The van der Waals surface area contributed by atoms with Crippen LogP contribution >= 0.6 is 15.9 Å². The molecule has 0 aromatic heterocycles. The van der Waals surface area contributed by atoms with Gasteiger partial charge in [0.15, 0.2) is 6.04 Å². The third-order valence-electron chi connectivity index (χ3n) is 8.68. The van der Waals surface area contributed by atoms with Gasteiger partial charge in [0.1, 0.15) is 12.4 Å². The van der Waals surface area contributed by atoms with Gasteiger partial charge in [-0.1, -0.05) is 77.5 Å². The lowest BCUT2D eigenvalue weighted by molar-refractivity contribution is -0.149. The number of amides is 1. The van der Waals surface area contributed by atoms with Gasteiger partial charge >= 0.3 is 0 Å². The summed E-state index contributed by atoms with van der Waals surface area (Å²) in [5.41, 5.74) is 0.567. The van der Waals surface area contributed by atoms with E-state index in [-0.39, 0.29) is 17.0 Å². The minimum absolute atomic E-state index is 0.178. The molecule has 2 fully saturated rings. The first-order valence-electron chi connectivity index (χ1n) is 14.7. The van der Waals surface area contributed by atoms with E-state index >= 15 is 8.78 Å². The van der Waals surface area contributed by atoms with E-state index in [1.54, 1.807) is 24.3 Å². The molecule has 2 aliphatic rings. The third-order valence-corrected chi connectivity index (χ3v) is 10.6. The maximum absolute atomic E-state index is 16.2. The average Bonchev–Trinajstić information content (AvgIpc) is 3.29. The first-order chi connectivity index (χ1) is 21.0. The fourth-order valence-electron chi connectivity index (χ4n) is 6.50. The molecule has 44 heavy (non-hydrogen) atoms. The maximum Gasteiger partial charge on any atom is 0.298 e. The first kappa shape index (κ1) is 30.7.